The van der Waals surface area contributed by atoms with Crippen molar-refractivity contribution in [3.8, 4) is 0 Å². The number of hydrogen-bond acceptors (Lipinski definition) is 2. The zero-order valence-corrected chi connectivity index (χ0v) is 15.9. The van der Waals surface area contributed by atoms with E-state index < -0.39 is 0 Å². The van der Waals surface area contributed by atoms with Crippen LogP contribution in [0.2, 0.25) is 0 Å². The minimum Gasteiger partial charge on any atom is -0.361 e. The smallest absolute Gasteiger partial charge is 0.220 e. The van der Waals surface area contributed by atoms with E-state index in [9.17, 15) is 4.79 Å². The number of aromatic amines is 1. The van der Waals surface area contributed by atoms with Gasteiger partial charge in [0, 0.05) is 49.2 Å². The Labute approximate surface area is 160 Å². The second kappa shape index (κ2) is 7.97. The van der Waals surface area contributed by atoms with E-state index >= 15 is 0 Å². The predicted molar refractivity (Wildman–Crippen MR) is 110 cm³/mol. The number of H-pyrrole nitrogens is 1. The Morgan fingerprint density at radius 1 is 1.15 bits per heavy atom. The van der Waals surface area contributed by atoms with Gasteiger partial charge in [0.2, 0.25) is 5.91 Å². The summed E-state index contributed by atoms with van der Waals surface area (Å²) in [5.74, 6) is 0.129. The van der Waals surface area contributed by atoms with Crippen molar-refractivity contribution in [1.82, 2.24) is 15.2 Å². The summed E-state index contributed by atoms with van der Waals surface area (Å²) in [6, 6.07) is 17.2. The molecule has 2 N–H and O–H groups in total. The van der Waals surface area contributed by atoms with Crippen molar-refractivity contribution < 1.29 is 4.79 Å². The zero-order chi connectivity index (χ0) is 18.6. The third-order valence-electron chi connectivity index (χ3n) is 5.67. The molecule has 0 fully saturated rings. The second-order valence-electron chi connectivity index (χ2n) is 7.50. The van der Waals surface area contributed by atoms with Gasteiger partial charge in [0.05, 0.1) is 0 Å². The van der Waals surface area contributed by atoms with Crippen LogP contribution in [0, 0.1) is 0 Å². The van der Waals surface area contributed by atoms with E-state index in [4.69, 9.17) is 0 Å². The summed E-state index contributed by atoms with van der Waals surface area (Å²) in [6.45, 7) is 4.94. The van der Waals surface area contributed by atoms with Crippen molar-refractivity contribution in [3.63, 3.8) is 0 Å². The van der Waals surface area contributed by atoms with Crippen molar-refractivity contribution in [1.29, 1.82) is 0 Å². The summed E-state index contributed by atoms with van der Waals surface area (Å²) in [6.07, 6.45) is 4.40. The first-order valence-corrected chi connectivity index (χ1v) is 9.83. The van der Waals surface area contributed by atoms with Gasteiger partial charge in [-0.1, -0.05) is 42.5 Å². The molecule has 140 valence electrons. The summed E-state index contributed by atoms with van der Waals surface area (Å²) in [5.41, 5.74) is 5.22. The maximum absolute atomic E-state index is 12.3. The fraction of sp³-hybridized carbons (Fsp3) is 0.348. The molecule has 0 radical (unpaired) electrons. The lowest BCUT2D eigenvalue weighted by molar-refractivity contribution is -0.121. The molecule has 4 nitrogen and oxygen atoms in total. The normalized spacial score (nSPS) is 15.4. The van der Waals surface area contributed by atoms with Gasteiger partial charge in [-0.3, -0.25) is 9.69 Å². The molecule has 3 aromatic rings. The lowest BCUT2D eigenvalue weighted by atomic mass is 9.99. The number of hydrogen-bond donors (Lipinski definition) is 2. The van der Waals surface area contributed by atoms with E-state index in [-0.39, 0.29) is 5.91 Å². The molecule has 1 aliphatic heterocycles. The Bertz CT molecular complexity index is 930. The van der Waals surface area contributed by atoms with Gasteiger partial charge in [0.15, 0.2) is 0 Å². The molecule has 1 aliphatic rings. The molecule has 0 bridgehead atoms. The first kappa shape index (κ1) is 17.8. The van der Waals surface area contributed by atoms with E-state index in [0.29, 0.717) is 19.0 Å². The number of nitrogens with one attached hydrogen (secondary N) is 2. The van der Waals surface area contributed by atoms with Gasteiger partial charge in [-0.15, -0.1) is 0 Å². The molecule has 1 aromatic heterocycles. The Balaban J connectivity index is 1.26. The Morgan fingerprint density at radius 2 is 1.93 bits per heavy atom. The maximum atomic E-state index is 12.3. The van der Waals surface area contributed by atoms with E-state index in [1.165, 1.54) is 22.1 Å². The van der Waals surface area contributed by atoms with Crippen molar-refractivity contribution >= 4 is 16.8 Å². The fourth-order valence-corrected chi connectivity index (χ4v) is 3.96. The van der Waals surface area contributed by atoms with Gasteiger partial charge in [-0.2, -0.15) is 0 Å². The van der Waals surface area contributed by atoms with Crippen molar-refractivity contribution in [2.24, 2.45) is 0 Å². The van der Waals surface area contributed by atoms with Gasteiger partial charge in [0.1, 0.15) is 0 Å². The van der Waals surface area contributed by atoms with Crippen molar-refractivity contribution in [2.45, 2.75) is 38.8 Å². The van der Waals surface area contributed by atoms with E-state index in [0.717, 1.165) is 31.4 Å². The standard InChI is InChI=1S/C23H27N3O/c1-17(26-13-12-18-6-2-3-7-20(18)16-26)14-25-23(27)11-10-19-15-24-22-9-5-4-8-21(19)22/h2-9,15,17,24H,10-14,16H2,1H3,(H,25,27). The molecule has 4 heteroatoms. The first-order valence-electron chi connectivity index (χ1n) is 9.83. The summed E-state index contributed by atoms with van der Waals surface area (Å²) < 4.78 is 0. The number of aryl methyl sites for hydroxylation is 1. The molecular formula is C23H27N3O. The minimum absolute atomic E-state index is 0.129. The zero-order valence-electron chi connectivity index (χ0n) is 15.9. The van der Waals surface area contributed by atoms with Crippen molar-refractivity contribution in [2.75, 3.05) is 13.1 Å². The van der Waals surface area contributed by atoms with E-state index in [1.807, 2.05) is 18.3 Å². The topological polar surface area (TPSA) is 48.1 Å². The third kappa shape index (κ3) is 4.06. The van der Waals surface area contributed by atoms with Gasteiger partial charge >= 0.3 is 0 Å². The highest BCUT2D eigenvalue weighted by molar-refractivity contribution is 5.84. The molecule has 4 rings (SSSR count). The highest BCUT2D eigenvalue weighted by atomic mass is 16.1. The number of rotatable bonds is 6. The van der Waals surface area contributed by atoms with Crippen LogP contribution >= 0.6 is 0 Å². The Kier molecular flexibility index (Phi) is 5.26. The molecule has 2 aromatic carbocycles. The number of amides is 1. The monoisotopic (exact) mass is 361 g/mol. The summed E-state index contributed by atoms with van der Waals surface area (Å²) in [7, 11) is 0. The van der Waals surface area contributed by atoms with Gasteiger partial charge in [-0.05, 0) is 42.5 Å². The summed E-state index contributed by atoms with van der Waals surface area (Å²) >= 11 is 0. The molecule has 0 saturated carbocycles. The number of para-hydroxylation sites is 1. The van der Waals surface area contributed by atoms with Crippen LogP contribution in [-0.4, -0.2) is 34.9 Å². The fourth-order valence-electron chi connectivity index (χ4n) is 3.96. The number of fused-ring (bicyclic) bond motifs is 2. The van der Waals surface area contributed by atoms with Crippen LogP contribution in [-0.2, 0) is 24.2 Å². The maximum Gasteiger partial charge on any atom is 0.220 e. The average molecular weight is 361 g/mol. The molecular weight excluding hydrogens is 334 g/mol. The van der Waals surface area contributed by atoms with Crippen LogP contribution in [0.3, 0.4) is 0 Å². The summed E-state index contributed by atoms with van der Waals surface area (Å²) in [5, 5.41) is 4.34. The van der Waals surface area contributed by atoms with E-state index in [1.54, 1.807) is 0 Å². The molecule has 27 heavy (non-hydrogen) atoms. The van der Waals surface area contributed by atoms with Gasteiger partial charge < -0.3 is 10.3 Å². The predicted octanol–water partition coefficient (Wildman–Crippen LogP) is 3.66. The lowest BCUT2D eigenvalue weighted by Crippen LogP contribution is -2.44. The third-order valence-corrected chi connectivity index (χ3v) is 5.67. The van der Waals surface area contributed by atoms with Crippen LogP contribution in [0.1, 0.15) is 30.0 Å². The number of nitrogens with zero attached hydrogens (tertiary/aromatic N) is 1. The first-order chi connectivity index (χ1) is 13.2. The quantitative estimate of drug-likeness (QED) is 0.704. The molecule has 0 aliphatic carbocycles. The Morgan fingerprint density at radius 3 is 2.81 bits per heavy atom. The summed E-state index contributed by atoms with van der Waals surface area (Å²) in [4.78, 5) is 18.1. The molecule has 2 heterocycles. The highest BCUT2D eigenvalue weighted by Crippen LogP contribution is 2.20. The van der Waals surface area contributed by atoms with Crippen LogP contribution in [0.25, 0.3) is 10.9 Å². The molecule has 0 spiro atoms. The van der Waals surface area contributed by atoms with E-state index in [2.05, 4.69) is 58.5 Å². The van der Waals surface area contributed by atoms with Crippen LogP contribution < -0.4 is 5.32 Å². The molecule has 1 unspecified atom stereocenters. The van der Waals surface area contributed by atoms with Gasteiger partial charge in [-0.25, -0.2) is 0 Å². The van der Waals surface area contributed by atoms with Crippen LogP contribution in [0.5, 0.6) is 0 Å². The molecule has 1 atom stereocenters. The highest BCUT2D eigenvalue weighted by Gasteiger charge is 2.20. The number of benzene rings is 2. The SMILES string of the molecule is CC(CNC(=O)CCc1c[nH]c2ccccc12)N1CCc2ccccc2C1. The van der Waals surface area contributed by atoms with Crippen molar-refractivity contribution in [3.05, 3.63) is 71.4 Å². The Hall–Kier alpha value is -2.59. The second-order valence-corrected chi connectivity index (χ2v) is 7.50. The minimum atomic E-state index is 0.129. The average Bonchev–Trinajstić information content (AvgIpc) is 3.13. The molecule has 0 saturated heterocycles. The number of aromatic nitrogens is 1. The molecule has 1 amide bonds. The largest absolute Gasteiger partial charge is 0.361 e. The lowest BCUT2D eigenvalue weighted by Gasteiger charge is -2.33. The van der Waals surface area contributed by atoms with Crippen LogP contribution in [0.4, 0.5) is 0 Å². The van der Waals surface area contributed by atoms with Gasteiger partial charge in [0.25, 0.3) is 0 Å². The number of carbonyl (C=O) groups is 1. The number of carbonyl (C=O) groups excluding carboxylic acids is 1. The van der Waals surface area contributed by atoms with Crippen LogP contribution in [0.15, 0.2) is 54.7 Å².